The quantitative estimate of drug-likeness (QED) is 0.467. The van der Waals surface area contributed by atoms with Crippen molar-refractivity contribution in [2.45, 2.75) is 12.8 Å². The highest BCUT2D eigenvalue weighted by Gasteiger charge is 2.31. The van der Waals surface area contributed by atoms with Crippen molar-refractivity contribution in [2.75, 3.05) is 46.0 Å². The number of carbonyl (C=O) groups excluding carboxylic acids is 1. The number of hydrogen-bond acceptors (Lipinski definition) is 7. The molecule has 1 aromatic rings. The summed E-state index contributed by atoms with van der Waals surface area (Å²) >= 11 is 6.71. The zero-order valence-electron chi connectivity index (χ0n) is 16.0. The molecular formula is C20H24N2O5S2. The van der Waals surface area contributed by atoms with Gasteiger partial charge in [0.15, 0.2) is 0 Å². The van der Waals surface area contributed by atoms with Gasteiger partial charge in [0, 0.05) is 26.2 Å². The minimum absolute atomic E-state index is 0.0622. The Labute approximate surface area is 179 Å². The van der Waals surface area contributed by atoms with E-state index in [1.807, 2.05) is 12.1 Å². The normalized spacial score (nSPS) is 19.2. The number of nitrogens with zero attached hydrogens (tertiary/aromatic N) is 2. The van der Waals surface area contributed by atoms with E-state index in [2.05, 4.69) is 4.90 Å². The number of hydrogen-bond donors (Lipinski definition) is 1. The summed E-state index contributed by atoms with van der Waals surface area (Å²) in [5.41, 5.74) is 0.812. The van der Waals surface area contributed by atoms with E-state index in [-0.39, 0.29) is 18.9 Å². The minimum Gasteiger partial charge on any atom is -0.493 e. The highest BCUT2D eigenvalue weighted by Crippen LogP contribution is 2.33. The van der Waals surface area contributed by atoms with Crippen LogP contribution in [0.2, 0.25) is 0 Å². The molecule has 3 rings (SSSR count). The number of thiocarbonyl (C=S) groups is 1. The van der Waals surface area contributed by atoms with Crippen LogP contribution < -0.4 is 4.74 Å². The molecule has 2 aliphatic heterocycles. The molecule has 29 heavy (non-hydrogen) atoms. The van der Waals surface area contributed by atoms with E-state index in [9.17, 15) is 9.59 Å². The first-order chi connectivity index (χ1) is 14.0. The standard InChI is InChI=1S/C20H24N2O5S2/c23-18(24)5-10-27-16-4-1-3-15(13-16)14-17-19(25)22(20(28)29-17)7-2-6-21-8-11-26-12-9-21/h1,3-4,13-14H,2,5-12H2,(H,23,24)/b17-14+. The van der Waals surface area contributed by atoms with Crippen molar-refractivity contribution in [3.05, 3.63) is 34.7 Å². The van der Waals surface area contributed by atoms with Gasteiger partial charge in [-0.15, -0.1) is 0 Å². The number of rotatable bonds is 9. The lowest BCUT2D eigenvalue weighted by Gasteiger charge is -2.27. The van der Waals surface area contributed by atoms with Gasteiger partial charge < -0.3 is 14.6 Å². The van der Waals surface area contributed by atoms with Gasteiger partial charge >= 0.3 is 5.97 Å². The fourth-order valence-corrected chi connectivity index (χ4v) is 4.38. The number of carbonyl (C=O) groups is 2. The number of amides is 1. The molecule has 0 aromatic heterocycles. The van der Waals surface area contributed by atoms with Crippen molar-refractivity contribution in [3.63, 3.8) is 0 Å². The summed E-state index contributed by atoms with van der Waals surface area (Å²) in [6.07, 6.45) is 2.60. The highest BCUT2D eigenvalue weighted by atomic mass is 32.2. The van der Waals surface area contributed by atoms with Crippen molar-refractivity contribution in [1.29, 1.82) is 0 Å². The van der Waals surface area contributed by atoms with Crippen molar-refractivity contribution in [3.8, 4) is 5.75 Å². The molecule has 0 aliphatic carbocycles. The number of morpholine rings is 1. The van der Waals surface area contributed by atoms with Crippen molar-refractivity contribution < 1.29 is 24.2 Å². The van der Waals surface area contributed by atoms with Crippen LogP contribution >= 0.6 is 24.0 Å². The predicted octanol–water partition coefficient (Wildman–Crippen LogP) is 2.46. The lowest BCUT2D eigenvalue weighted by molar-refractivity contribution is -0.137. The third-order valence-electron chi connectivity index (χ3n) is 4.57. The summed E-state index contributed by atoms with van der Waals surface area (Å²) in [4.78, 5) is 27.9. The Kier molecular flexibility index (Phi) is 8.05. The molecule has 7 nitrogen and oxygen atoms in total. The predicted molar refractivity (Wildman–Crippen MR) is 116 cm³/mol. The average Bonchev–Trinajstić information content (AvgIpc) is 2.96. The van der Waals surface area contributed by atoms with Crippen LogP contribution in [0.4, 0.5) is 0 Å². The molecule has 2 aliphatic rings. The number of carboxylic acid groups (broad SMARTS) is 1. The summed E-state index contributed by atoms with van der Waals surface area (Å²) in [7, 11) is 0. The molecule has 156 valence electrons. The van der Waals surface area contributed by atoms with E-state index < -0.39 is 5.97 Å². The second kappa shape index (κ2) is 10.7. The van der Waals surface area contributed by atoms with Crippen LogP contribution in [0.1, 0.15) is 18.4 Å². The molecule has 0 spiro atoms. The summed E-state index contributed by atoms with van der Waals surface area (Å²) in [6, 6.07) is 7.23. The number of ether oxygens (including phenoxy) is 2. The molecule has 1 N–H and O–H groups in total. The first-order valence-corrected chi connectivity index (χ1v) is 10.8. The van der Waals surface area contributed by atoms with Gasteiger partial charge in [-0.05, 0) is 30.2 Å². The second-order valence-electron chi connectivity index (χ2n) is 6.71. The molecule has 0 unspecified atom stereocenters. The zero-order valence-corrected chi connectivity index (χ0v) is 17.7. The number of aliphatic carboxylic acids is 1. The summed E-state index contributed by atoms with van der Waals surface area (Å²) < 4.78 is 11.4. The zero-order chi connectivity index (χ0) is 20.6. The fourth-order valence-electron chi connectivity index (χ4n) is 3.07. The van der Waals surface area contributed by atoms with Gasteiger partial charge in [-0.1, -0.05) is 36.1 Å². The summed E-state index contributed by atoms with van der Waals surface area (Å²) in [5, 5.41) is 8.70. The Morgan fingerprint density at radius 3 is 2.86 bits per heavy atom. The summed E-state index contributed by atoms with van der Waals surface area (Å²) in [5.74, 6) is -0.404. The number of benzene rings is 1. The maximum absolute atomic E-state index is 12.8. The topological polar surface area (TPSA) is 79.3 Å². The Bertz CT molecular complexity index is 793. The van der Waals surface area contributed by atoms with Crippen LogP contribution in [0.3, 0.4) is 0 Å². The third kappa shape index (κ3) is 6.53. The van der Waals surface area contributed by atoms with E-state index in [0.29, 0.717) is 21.5 Å². The van der Waals surface area contributed by atoms with Crippen LogP contribution in [0, 0.1) is 0 Å². The maximum atomic E-state index is 12.8. The lowest BCUT2D eigenvalue weighted by atomic mass is 10.2. The molecule has 2 fully saturated rings. The molecular weight excluding hydrogens is 412 g/mol. The lowest BCUT2D eigenvalue weighted by Crippen LogP contribution is -2.38. The van der Waals surface area contributed by atoms with Gasteiger partial charge in [0.25, 0.3) is 5.91 Å². The Balaban J connectivity index is 1.55. The molecule has 2 saturated heterocycles. The van der Waals surface area contributed by atoms with Crippen LogP contribution in [-0.2, 0) is 14.3 Å². The van der Waals surface area contributed by atoms with Gasteiger partial charge in [-0.2, -0.15) is 0 Å². The molecule has 1 aromatic carbocycles. The van der Waals surface area contributed by atoms with Gasteiger partial charge in [-0.25, -0.2) is 0 Å². The van der Waals surface area contributed by atoms with Crippen molar-refractivity contribution in [1.82, 2.24) is 9.80 Å². The smallest absolute Gasteiger partial charge is 0.306 e. The molecule has 2 heterocycles. The molecule has 0 bridgehead atoms. The van der Waals surface area contributed by atoms with Gasteiger partial charge in [-0.3, -0.25) is 19.4 Å². The van der Waals surface area contributed by atoms with E-state index in [1.54, 1.807) is 23.1 Å². The Morgan fingerprint density at radius 2 is 2.10 bits per heavy atom. The Morgan fingerprint density at radius 1 is 1.31 bits per heavy atom. The summed E-state index contributed by atoms with van der Waals surface area (Å²) in [6.45, 7) is 5.04. The van der Waals surface area contributed by atoms with E-state index in [4.69, 9.17) is 26.8 Å². The largest absolute Gasteiger partial charge is 0.493 e. The van der Waals surface area contributed by atoms with Crippen LogP contribution in [0.5, 0.6) is 5.75 Å². The first kappa shape index (κ1) is 21.8. The van der Waals surface area contributed by atoms with E-state index >= 15 is 0 Å². The van der Waals surface area contributed by atoms with Crippen LogP contribution in [0.15, 0.2) is 29.2 Å². The van der Waals surface area contributed by atoms with Gasteiger partial charge in [0.05, 0.1) is 31.1 Å². The molecule has 0 saturated carbocycles. The van der Waals surface area contributed by atoms with Crippen molar-refractivity contribution in [2.24, 2.45) is 0 Å². The van der Waals surface area contributed by atoms with Gasteiger partial charge in [0.1, 0.15) is 10.1 Å². The molecule has 0 radical (unpaired) electrons. The maximum Gasteiger partial charge on any atom is 0.306 e. The number of carboxylic acids is 1. The molecule has 9 heteroatoms. The van der Waals surface area contributed by atoms with E-state index in [1.165, 1.54) is 11.8 Å². The SMILES string of the molecule is O=C(O)CCOc1cccc(/C=C2/SC(=S)N(CCCN3CCOCC3)C2=O)c1. The first-order valence-electron chi connectivity index (χ1n) is 9.53. The van der Waals surface area contributed by atoms with Crippen LogP contribution in [0.25, 0.3) is 6.08 Å². The monoisotopic (exact) mass is 436 g/mol. The van der Waals surface area contributed by atoms with Gasteiger partial charge in [0.2, 0.25) is 0 Å². The fraction of sp³-hybridized carbons (Fsp3) is 0.450. The van der Waals surface area contributed by atoms with E-state index in [0.717, 1.165) is 44.8 Å². The number of thioether (sulfide) groups is 1. The average molecular weight is 437 g/mol. The minimum atomic E-state index is -0.904. The van der Waals surface area contributed by atoms with Crippen molar-refractivity contribution >= 4 is 46.3 Å². The molecule has 1 amide bonds. The Hall–Kier alpha value is -1.94. The second-order valence-corrected chi connectivity index (χ2v) is 8.38. The molecule has 0 atom stereocenters. The third-order valence-corrected chi connectivity index (χ3v) is 5.95. The van der Waals surface area contributed by atoms with Crippen LogP contribution in [-0.4, -0.2) is 77.1 Å². The highest BCUT2D eigenvalue weighted by molar-refractivity contribution is 8.26.